The summed E-state index contributed by atoms with van der Waals surface area (Å²) in [7, 11) is 0. The predicted octanol–water partition coefficient (Wildman–Crippen LogP) is 4.68. The van der Waals surface area contributed by atoms with E-state index < -0.39 is 17.9 Å². The summed E-state index contributed by atoms with van der Waals surface area (Å²) in [6.07, 6.45) is 0.472. The van der Waals surface area contributed by atoms with Gasteiger partial charge in [-0.05, 0) is 39.2 Å². The monoisotopic (exact) mass is 384 g/mol. The number of Topliss-reactive ketones (excluding diaryl/α,β-unsaturated/α-hetero) is 1. The minimum atomic E-state index is -0.788. The van der Waals surface area contributed by atoms with Crippen molar-refractivity contribution >= 4 is 5.78 Å². The number of carbonyl (C=O) groups is 1. The summed E-state index contributed by atoms with van der Waals surface area (Å²) in [5, 5.41) is 10.6. The lowest BCUT2D eigenvalue weighted by Gasteiger charge is -2.23. The molecule has 0 spiro atoms. The second kappa shape index (κ2) is 9.33. The van der Waals surface area contributed by atoms with E-state index in [0.29, 0.717) is 29.1 Å². The van der Waals surface area contributed by atoms with E-state index in [4.69, 9.17) is 4.42 Å². The van der Waals surface area contributed by atoms with Crippen LogP contribution >= 0.6 is 0 Å². The first-order valence-corrected chi connectivity index (χ1v) is 10.1. The highest BCUT2D eigenvalue weighted by molar-refractivity contribution is 5.87. The molecule has 0 amide bonds. The van der Waals surface area contributed by atoms with Gasteiger partial charge in [0.2, 0.25) is 0 Å². The molecule has 0 aliphatic heterocycles. The Bertz CT molecular complexity index is 866. The topological polar surface area (TPSA) is 67.5 Å². The Morgan fingerprint density at radius 3 is 2.18 bits per heavy atom. The highest BCUT2D eigenvalue weighted by Crippen LogP contribution is 2.29. The van der Waals surface area contributed by atoms with Crippen LogP contribution in [-0.2, 0) is 11.2 Å². The van der Waals surface area contributed by atoms with Crippen LogP contribution in [0.2, 0.25) is 0 Å². The fraction of sp³-hybridized carbons (Fsp3) is 0.500. The molecule has 1 heterocycles. The Morgan fingerprint density at radius 2 is 1.61 bits per heavy atom. The van der Waals surface area contributed by atoms with Gasteiger partial charge in [-0.2, -0.15) is 0 Å². The molecule has 0 saturated carbocycles. The van der Waals surface area contributed by atoms with Crippen LogP contribution in [-0.4, -0.2) is 17.0 Å². The summed E-state index contributed by atoms with van der Waals surface area (Å²) >= 11 is 0. The molecule has 4 atom stereocenters. The van der Waals surface area contributed by atoms with Gasteiger partial charge < -0.3 is 9.52 Å². The maximum absolute atomic E-state index is 13.1. The largest absolute Gasteiger partial charge is 0.464 e. The standard InChI is InChI=1S/C24H32O4/c1-7-14(2)23-16(4)22(27)18(6)24(28-23)17(5)21(26)15(3)20(25)13-19-11-9-8-10-12-19/h8-12,14-15,17,20,25H,7,13H2,1-6H3/t14-,15?,17+,20?/m1/s1. The molecule has 152 valence electrons. The van der Waals surface area contributed by atoms with Gasteiger partial charge in [0.1, 0.15) is 17.3 Å². The molecule has 0 radical (unpaired) electrons. The van der Waals surface area contributed by atoms with E-state index in [1.165, 1.54) is 0 Å². The molecule has 1 N–H and O–H groups in total. The molecule has 2 aromatic rings. The third-order valence-corrected chi connectivity index (χ3v) is 5.83. The highest BCUT2D eigenvalue weighted by Gasteiger charge is 2.31. The van der Waals surface area contributed by atoms with Gasteiger partial charge >= 0.3 is 0 Å². The van der Waals surface area contributed by atoms with Crippen molar-refractivity contribution in [2.45, 2.75) is 72.3 Å². The van der Waals surface area contributed by atoms with Gasteiger partial charge in [-0.1, -0.05) is 51.1 Å². The summed E-state index contributed by atoms with van der Waals surface area (Å²) < 4.78 is 6.10. The van der Waals surface area contributed by atoms with Crippen LogP contribution in [0.25, 0.3) is 0 Å². The Labute approximate surface area is 167 Å². The second-order valence-corrected chi connectivity index (χ2v) is 7.89. The highest BCUT2D eigenvalue weighted by atomic mass is 16.3. The van der Waals surface area contributed by atoms with Crippen molar-refractivity contribution in [1.82, 2.24) is 0 Å². The molecular formula is C24H32O4. The third kappa shape index (κ3) is 4.61. The Balaban J connectivity index is 2.29. The molecule has 1 aromatic heterocycles. The molecule has 4 nitrogen and oxygen atoms in total. The number of carbonyl (C=O) groups excluding carboxylic acids is 1. The lowest BCUT2D eigenvalue weighted by Crippen LogP contribution is -2.31. The van der Waals surface area contributed by atoms with E-state index >= 15 is 0 Å². The lowest BCUT2D eigenvalue weighted by atomic mass is 9.85. The molecule has 4 heteroatoms. The average molecular weight is 385 g/mol. The number of aliphatic hydroxyl groups excluding tert-OH is 1. The van der Waals surface area contributed by atoms with Gasteiger partial charge in [0.05, 0.1) is 12.0 Å². The zero-order valence-electron chi connectivity index (χ0n) is 17.8. The van der Waals surface area contributed by atoms with E-state index in [1.54, 1.807) is 27.7 Å². The molecule has 0 fully saturated rings. The molecule has 1 aromatic carbocycles. The summed E-state index contributed by atoms with van der Waals surface area (Å²) in [5.74, 6) is -0.0752. The summed E-state index contributed by atoms with van der Waals surface area (Å²) in [6, 6.07) is 9.62. The van der Waals surface area contributed by atoms with Crippen molar-refractivity contribution in [2.24, 2.45) is 5.92 Å². The first kappa shape index (κ1) is 22.1. The molecule has 2 unspecified atom stereocenters. The molecule has 28 heavy (non-hydrogen) atoms. The molecule has 0 saturated heterocycles. The quantitative estimate of drug-likeness (QED) is 0.717. The van der Waals surface area contributed by atoms with Crippen LogP contribution in [0.1, 0.15) is 74.2 Å². The maximum Gasteiger partial charge on any atom is 0.191 e. The third-order valence-electron chi connectivity index (χ3n) is 5.83. The SMILES string of the molecule is CC[C@@H](C)c1oc([C@@H](C)C(=O)C(C)C(O)Cc2ccccc2)c(C)c(=O)c1C. The zero-order valence-corrected chi connectivity index (χ0v) is 17.8. The van der Waals surface area contributed by atoms with Gasteiger partial charge in [-0.3, -0.25) is 9.59 Å². The second-order valence-electron chi connectivity index (χ2n) is 7.89. The van der Waals surface area contributed by atoms with Gasteiger partial charge in [0.15, 0.2) is 5.43 Å². The Kier molecular flexibility index (Phi) is 7.36. The summed E-state index contributed by atoms with van der Waals surface area (Å²) in [5.41, 5.74) is 2.02. The van der Waals surface area contributed by atoms with Crippen LogP contribution in [0.15, 0.2) is 39.5 Å². The van der Waals surface area contributed by atoms with Gasteiger partial charge in [0, 0.05) is 23.0 Å². The first-order valence-electron chi connectivity index (χ1n) is 10.1. The van der Waals surface area contributed by atoms with Crippen LogP contribution in [0.3, 0.4) is 0 Å². The Morgan fingerprint density at radius 1 is 1.04 bits per heavy atom. The maximum atomic E-state index is 13.1. The molecule has 2 rings (SSSR count). The van der Waals surface area contributed by atoms with E-state index in [1.807, 2.05) is 44.2 Å². The number of benzene rings is 1. The van der Waals surface area contributed by atoms with Crippen molar-refractivity contribution in [3.05, 3.63) is 68.8 Å². The fourth-order valence-electron chi connectivity index (χ4n) is 3.59. The molecule has 0 aliphatic rings. The number of hydrogen-bond acceptors (Lipinski definition) is 4. The van der Waals surface area contributed by atoms with Crippen molar-refractivity contribution in [3.63, 3.8) is 0 Å². The van der Waals surface area contributed by atoms with E-state index in [2.05, 4.69) is 0 Å². The normalized spacial score (nSPS) is 15.7. The van der Waals surface area contributed by atoms with Crippen molar-refractivity contribution < 1.29 is 14.3 Å². The smallest absolute Gasteiger partial charge is 0.191 e. The fourth-order valence-corrected chi connectivity index (χ4v) is 3.59. The van der Waals surface area contributed by atoms with Gasteiger partial charge in [0.25, 0.3) is 0 Å². The first-order chi connectivity index (χ1) is 13.2. The van der Waals surface area contributed by atoms with Crippen LogP contribution in [0, 0.1) is 19.8 Å². The summed E-state index contributed by atoms with van der Waals surface area (Å²) in [4.78, 5) is 25.7. The number of ketones is 1. The van der Waals surface area contributed by atoms with Crippen LogP contribution in [0.5, 0.6) is 0 Å². The Hall–Kier alpha value is -2.20. The van der Waals surface area contributed by atoms with Crippen molar-refractivity contribution in [2.75, 3.05) is 0 Å². The zero-order chi connectivity index (χ0) is 21.0. The van der Waals surface area contributed by atoms with Crippen LogP contribution in [0.4, 0.5) is 0 Å². The van der Waals surface area contributed by atoms with E-state index in [-0.39, 0.29) is 17.1 Å². The minimum absolute atomic E-state index is 0.0614. The van der Waals surface area contributed by atoms with Gasteiger partial charge in [-0.25, -0.2) is 0 Å². The number of hydrogen-bond donors (Lipinski definition) is 1. The van der Waals surface area contributed by atoms with Crippen molar-refractivity contribution in [1.29, 1.82) is 0 Å². The van der Waals surface area contributed by atoms with Crippen molar-refractivity contribution in [3.8, 4) is 0 Å². The number of rotatable bonds is 8. The molecule has 0 aliphatic carbocycles. The number of aliphatic hydroxyl groups is 1. The minimum Gasteiger partial charge on any atom is -0.464 e. The van der Waals surface area contributed by atoms with E-state index in [9.17, 15) is 14.7 Å². The van der Waals surface area contributed by atoms with E-state index in [0.717, 1.165) is 12.0 Å². The average Bonchev–Trinajstić information content (AvgIpc) is 2.70. The van der Waals surface area contributed by atoms with Gasteiger partial charge in [-0.15, -0.1) is 0 Å². The lowest BCUT2D eigenvalue weighted by molar-refractivity contribution is -0.127. The molecule has 0 bridgehead atoms. The van der Waals surface area contributed by atoms with Crippen LogP contribution < -0.4 is 5.43 Å². The summed E-state index contributed by atoms with van der Waals surface area (Å²) in [6.45, 7) is 11.0. The predicted molar refractivity (Wildman–Crippen MR) is 112 cm³/mol. The molecular weight excluding hydrogens is 352 g/mol.